The molecule has 0 unspecified atom stereocenters. The van der Waals surface area contributed by atoms with Crippen molar-refractivity contribution in [3.8, 4) is 0 Å². The van der Waals surface area contributed by atoms with Gasteiger partial charge < -0.3 is 15.4 Å². The number of rotatable bonds is 6. The summed E-state index contributed by atoms with van der Waals surface area (Å²) in [5.74, 6) is -0.497. The average Bonchev–Trinajstić information content (AvgIpc) is 3.42. The van der Waals surface area contributed by atoms with Crippen LogP contribution in [0.3, 0.4) is 0 Å². The number of urea groups is 1. The first-order chi connectivity index (χ1) is 14.6. The smallest absolute Gasteiger partial charge is 0.332 e. The van der Waals surface area contributed by atoms with E-state index in [4.69, 9.17) is 4.74 Å². The molecule has 2 N–H and O–H groups in total. The summed E-state index contributed by atoms with van der Waals surface area (Å²) in [6.07, 6.45) is 4.34. The predicted octanol–water partition coefficient (Wildman–Crippen LogP) is 2.61. The third-order valence-corrected chi connectivity index (χ3v) is 5.96. The molecule has 30 heavy (non-hydrogen) atoms. The second-order valence-electron chi connectivity index (χ2n) is 7.30. The van der Waals surface area contributed by atoms with E-state index in [2.05, 4.69) is 15.6 Å². The fourth-order valence-corrected chi connectivity index (χ4v) is 4.38. The molecule has 4 rings (SSSR count). The van der Waals surface area contributed by atoms with Crippen LogP contribution in [-0.2, 0) is 22.7 Å². The molecule has 3 aromatic rings. The molecule has 0 radical (unpaired) electrons. The van der Waals surface area contributed by atoms with Gasteiger partial charge in [0.15, 0.2) is 4.96 Å². The van der Waals surface area contributed by atoms with E-state index in [1.165, 1.54) is 21.8 Å². The van der Waals surface area contributed by atoms with Crippen molar-refractivity contribution in [1.82, 2.24) is 20.0 Å². The molecule has 0 atom stereocenters. The van der Waals surface area contributed by atoms with Crippen molar-refractivity contribution in [3.05, 3.63) is 69.6 Å². The number of amides is 2. The lowest BCUT2D eigenvalue weighted by Crippen LogP contribution is -2.56. The van der Waals surface area contributed by atoms with E-state index >= 15 is 0 Å². The first-order valence-corrected chi connectivity index (χ1v) is 10.7. The molecule has 2 heterocycles. The lowest BCUT2D eigenvalue weighted by molar-refractivity contribution is -0.152. The first kappa shape index (κ1) is 20.1. The Morgan fingerprint density at radius 2 is 1.97 bits per heavy atom. The summed E-state index contributed by atoms with van der Waals surface area (Å²) < 4.78 is 6.91. The molecule has 1 fully saturated rings. The third kappa shape index (κ3) is 4.35. The number of benzene rings is 1. The fourth-order valence-electron chi connectivity index (χ4n) is 3.64. The van der Waals surface area contributed by atoms with Crippen molar-refractivity contribution >= 4 is 28.3 Å². The first-order valence-electron chi connectivity index (χ1n) is 9.79. The molecule has 2 aromatic heterocycles. The molecule has 2 amide bonds. The van der Waals surface area contributed by atoms with Crippen LogP contribution in [0.25, 0.3) is 4.96 Å². The number of aromatic nitrogens is 2. The van der Waals surface area contributed by atoms with Crippen LogP contribution in [0.2, 0.25) is 0 Å². The van der Waals surface area contributed by atoms with Gasteiger partial charge in [0.1, 0.15) is 12.1 Å². The van der Waals surface area contributed by atoms with Crippen LogP contribution in [0.15, 0.2) is 52.8 Å². The molecule has 1 aliphatic rings. The highest BCUT2D eigenvalue weighted by atomic mass is 32.1. The quantitative estimate of drug-likeness (QED) is 0.590. The van der Waals surface area contributed by atoms with Crippen LogP contribution in [0.5, 0.6) is 0 Å². The van der Waals surface area contributed by atoms with Gasteiger partial charge in [0.05, 0.1) is 5.69 Å². The number of esters is 1. The van der Waals surface area contributed by atoms with Gasteiger partial charge in [-0.05, 0) is 18.4 Å². The van der Waals surface area contributed by atoms with Gasteiger partial charge in [-0.25, -0.2) is 14.6 Å². The molecule has 0 aliphatic heterocycles. The van der Waals surface area contributed by atoms with Gasteiger partial charge in [-0.1, -0.05) is 43.2 Å². The van der Waals surface area contributed by atoms with Crippen molar-refractivity contribution in [2.75, 3.05) is 0 Å². The molecule has 8 nitrogen and oxygen atoms in total. The van der Waals surface area contributed by atoms with Crippen LogP contribution in [0.4, 0.5) is 4.79 Å². The Kier molecular flexibility index (Phi) is 5.80. The number of nitrogens with one attached hydrogen (secondary N) is 2. The number of hydrogen-bond acceptors (Lipinski definition) is 6. The number of nitrogens with zero attached hydrogens (tertiary/aromatic N) is 2. The zero-order chi connectivity index (χ0) is 21.0. The maximum absolute atomic E-state index is 12.9. The Hall–Kier alpha value is -3.20. The molecule has 1 aliphatic carbocycles. The number of carbonyl (C=O) groups is 2. The van der Waals surface area contributed by atoms with Crippen LogP contribution < -0.4 is 16.2 Å². The lowest BCUT2D eigenvalue weighted by Gasteiger charge is -2.28. The second kappa shape index (κ2) is 8.66. The third-order valence-electron chi connectivity index (χ3n) is 5.20. The molecule has 1 aromatic carbocycles. The minimum Gasteiger partial charge on any atom is -0.457 e. The zero-order valence-electron chi connectivity index (χ0n) is 16.3. The summed E-state index contributed by atoms with van der Waals surface area (Å²) >= 11 is 1.33. The maximum Gasteiger partial charge on any atom is 0.332 e. The van der Waals surface area contributed by atoms with Crippen molar-refractivity contribution in [2.45, 2.75) is 44.4 Å². The number of thiazole rings is 1. The SMILES string of the molecule is O=C(NCc1ccccc1)NC1(C(=O)OCc2cc(=O)n3ccsc3n2)CCCC1. The summed E-state index contributed by atoms with van der Waals surface area (Å²) in [5.41, 5.74) is 0.0823. The van der Waals surface area contributed by atoms with Gasteiger partial charge in [-0.2, -0.15) is 0 Å². The van der Waals surface area contributed by atoms with E-state index < -0.39 is 17.5 Å². The Bertz CT molecular complexity index is 1100. The fraction of sp³-hybridized carbons (Fsp3) is 0.333. The van der Waals surface area contributed by atoms with Gasteiger partial charge in [0.2, 0.25) is 0 Å². The van der Waals surface area contributed by atoms with Crippen LogP contribution >= 0.6 is 11.3 Å². The Balaban J connectivity index is 1.39. The largest absolute Gasteiger partial charge is 0.457 e. The molecule has 0 bridgehead atoms. The van der Waals surface area contributed by atoms with Gasteiger partial charge in [-0.3, -0.25) is 9.20 Å². The lowest BCUT2D eigenvalue weighted by atomic mass is 9.98. The molecule has 156 valence electrons. The van der Waals surface area contributed by atoms with E-state index in [0.717, 1.165) is 18.4 Å². The Labute approximate surface area is 176 Å². The van der Waals surface area contributed by atoms with Gasteiger partial charge in [-0.15, -0.1) is 11.3 Å². The van der Waals surface area contributed by atoms with Crippen molar-refractivity contribution < 1.29 is 14.3 Å². The zero-order valence-corrected chi connectivity index (χ0v) is 17.1. The van der Waals surface area contributed by atoms with E-state index in [-0.39, 0.29) is 12.2 Å². The maximum atomic E-state index is 12.9. The molecule has 9 heteroatoms. The van der Waals surface area contributed by atoms with Gasteiger partial charge in [0.25, 0.3) is 5.56 Å². The summed E-state index contributed by atoms with van der Waals surface area (Å²) in [6, 6.07) is 10.5. The van der Waals surface area contributed by atoms with E-state index in [1.54, 1.807) is 11.6 Å². The topological polar surface area (TPSA) is 102 Å². The summed E-state index contributed by atoms with van der Waals surface area (Å²) in [6.45, 7) is 0.254. The standard InChI is InChI=1S/C21H22N4O4S/c26-17-12-16(23-20-25(17)10-11-30-20)14-29-18(27)21(8-4-5-9-21)24-19(28)22-13-15-6-2-1-3-7-15/h1-3,6-7,10-12H,4-5,8-9,13-14H2,(H2,22,24,28). The van der Waals surface area contributed by atoms with E-state index in [1.807, 2.05) is 30.3 Å². The average molecular weight is 426 g/mol. The predicted molar refractivity (Wildman–Crippen MR) is 112 cm³/mol. The van der Waals surface area contributed by atoms with Crippen LogP contribution in [0, 0.1) is 0 Å². The number of hydrogen-bond donors (Lipinski definition) is 2. The van der Waals surface area contributed by atoms with E-state index in [9.17, 15) is 14.4 Å². The highest BCUT2D eigenvalue weighted by molar-refractivity contribution is 7.15. The van der Waals surface area contributed by atoms with Gasteiger partial charge >= 0.3 is 12.0 Å². The monoisotopic (exact) mass is 426 g/mol. The highest BCUT2D eigenvalue weighted by Gasteiger charge is 2.44. The summed E-state index contributed by atoms with van der Waals surface area (Å²) in [5, 5.41) is 7.39. The van der Waals surface area contributed by atoms with Crippen LogP contribution in [0.1, 0.15) is 36.9 Å². The molecular formula is C21H22N4O4S. The number of fused-ring (bicyclic) bond motifs is 1. The Morgan fingerprint density at radius 1 is 1.20 bits per heavy atom. The van der Waals surface area contributed by atoms with Crippen molar-refractivity contribution in [3.63, 3.8) is 0 Å². The van der Waals surface area contributed by atoms with Gasteiger partial charge in [0, 0.05) is 24.2 Å². The highest BCUT2D eigenvalue weighted by Crippen LogP contribution is 2.31. The second-order valence-corrected chi connectivity index (χ2v) is 8.17. The minimum atomic E-state index is -1.05. The summed E-state index contributed by atoms with van der Waals surface area (Å²) in [7, 11) is 0. The van der Waals surface area contributed by atoms with Crippen molar-refractivity contribution in [2.24, 2.45) is 0 Å². The molecule has 0 saturated heterocycles. The number of ether oxygens (including phenoxy) is 1. The molecule has 0 spiro atoms. The molecular weight excluding hydrogens is 404 g/mol. The minimum absolute atomic E-state index is 0.114. The van der Waals surface area contributed by atoms with Crippen LogP contribution in [-0.4, -0.2) is 26.9 Å². The number of carbonyl (C=O) groups excluding carboxylic acids is 2. The van der Waals surface area contributed by atoms with Crippen molar-refractivity contribution in [1.29, 1.82) is 0 Å². The van der Waals surface area contributed by atoms with E-state index in [0.29, 0.717) is 30.0 Å². The Morgan fingerprint density at radius 3 is 2.73 bits per heavy atom. The normalized spacial score (nSPS) is 15.1. The summed E-state index contributed by atoms with van der Waals surface area (Å²) in [4.78, 5) is 42.3. The molecule has 1 saturated carbocycles.